The fourth-order valence-electron chi connectivity index (χ4n) is 2.01. The third-order valence-corrected chi connectivity index (χ3v) is 4.48. The minimum atomic E-state index is -0.405. The number of aliphatic hydroxyl groups is 1. The van der Waals surface area contributed by atoms with Gasteiger partial charge in [-0.2, -0.15) is 0 Å². The van der Waals surface area contributed by atoms with Gasteiger partial charge in [-0.3, -0.25) is 4.79 Å². The normalized spacial score (nSPS) is 24.3. The molecule has 2 unspecified atom stereocenters. The molecule has 0 spiro atoms. The molecule has 1 aliphatic heterocycles. The zero-order valence-corrected chi connectivity index (χ0v) is 11.9. The first-order valence-electron chi connectivity index (χ1n) is 6.05. The summed E-state index contributed by atoms with van der Waals surface area (Å²) < 4.78 is 0. The molecule has 0 radical (unpaired) electrons. The van der Waals surface area contributed by atoms with Crippen molar-refractivity contribution < 1.29 is 9.90 Å². The van der Waals surface area contributed by atoms with E-state index >= 15 is 0 Å². The van der Waals surface area contributed by atoms with E-state index < -0.39 is 6.10 Å². The van der Waals surface area contributed by atoms with Crippen LogP contribution >= 0.6 is 22.9 Å². The van der Waals surface area contributed by atoms with E-state index in [0.29, 0.717) is 18.8 Å². The van der Waals surface area contributed by atoms with Crippen LogP contribution in [-0.2, 0) is 17.1 Å². The standard InChI is InChI=1S/C12H17ClN2O2S/c1-8-2-3-15(6-10(8)16)12(17)4-11-14-9(5-13)7-18-11/h7-8,10,16H,2-6H2,1H3. The van der Waals surface area contributed by atoms with Crippen molar-refractivity contribution in [2.75, 3.05) is 13.1 Å². The van der Waals surface area contributed by atoms with Crippen molar-refractivity contribution in [3.05, 3.63) is 16.1 Å². The molecule has 2 atom stereocenters. The maximum Gasteiger partial charge on any atom is 0.229 e. The Morgan fingerprint density at radius 3 is 3.11 bits per heavy atom. The number of piperidine rings is 1. The highest BCUT2D eigenvalue weighted by atomic mass is 35.5. The van der Waals surface area contributed by atoms with Gasteiger partial charge in [-0.25, -0.2) is 4.98 Å². The average Bonchev–Trinajstić information content (AvgIpc) is 2.80. The van der Waals surface area contributed by atoms with Crippen molar-refractivity contribution in [1.82, 2.24) is 9.88 Å². The average molecular weight is 289 g/mol. The summed E-state index contributed by atoms with van der Waals surface area (Å²) in [6.45, 7) is 3.18. The first kappa shape index (κ1) is 13.8. The third-order valence-electron chi connectivity index (χ3n) is 3.31. The number of β-amino-alcohol motifs (C(OH)–C–C–N with tert-alkyl or cyclic N) is 1. The van der Waals surface area contributed by atoms with Gasteiger partial charge in [0.05, 0.1) is 24.1 Å². The Morgan fingerprint density at radius 2 is 2.50 bits per heavy atom. The molecule has 0 saturated carbocycles. The molecule has 6 heteroatoms. The number of halogens is 1. The van der Waals surface area contributed by atoms with E-state index in [1.165, 1.54) is 11.3 Å². The summed E-state index contributed by atoms with van der Waals surface area (Å²) in [6.07, 6.45) is 0.762. The predicted octanol–water partition coefficient (Wildman–Crippen LogP) is 1.65. The molecule has 2 rings (SSSR count). The van der Waals surface area contributed by atoms with Crippen LogP contribution in [0.4, 0.5) is 0 Å². The summed E-state index contributed by atoms with van der Waals surface area (Å²) in [5.41, 5.74) is 0.816. The largest absolute Gasteiger partial charge is 0.391 e. The Hall–Kier alpha value is -0.650. The fourth-order valence-corrected chi connectivity index (χ4v) is 3.02. The summed E-state index contributed by atoms with van der Waals surface area (Å²) in [5.74, 6) is 0.693. The number of likely N-dealkylation sites (tertiary alicyclic amines) is 1. The van der Waals surface area contributed by atoms with E-state index in [1.54, 1.807) is 4.90 Å². The van der Waals surface area contributed by atoms with Crippen LogP contribution in [0.5, 0.6) is 0 Å². The first-order chi connectivity index (χ1) is 8.60. The van der Waals surface area contributed by atoms with Gasteiger partial charge in [0.1, 0.15) is 5.01 Å². The van der Waals surface area contributed by atoms with Crippen molar-refractivity contribution in [3.63, 3.8) is 0 Å². The molecule has 0 aromatic carbocycles. The number of hydrogen-bond donors (Lipinski definition) is 1. The van der Waals surface area contributed by atoms with Crippen molar-refractivity contribution in [2.24, 2.45) is 5.92 Å². The molecule has 1 N–H and O–H groups in total. The highest BCUT2D eigenvalue weighted by Crippen LogP contribution is 2.19. The predicted molar refractivity (Wildman–Crippen MR) is 71.7 cm³/mol. The monoisotopic (exact) mass is 288 g/mol. The Bertz CT molecular complexity index is 424. The number of amides is 1. The third kappa shape index (κ3) is 3.22. The molecule has 4 nitrogen and oxygen atoms in total. The van der Waals surface area contributed by atoms with E-state index in [9.17, 15) is 9.90 Å². The maximum atomic E-state index is 12.1. The maximum absolute atomic E-state index is 12.1. The van der Waals surface area contributed by atoms with Crippen molar-refractivity contribution in [1.29, 1.82) is 0 Å². The first-order valence-corrected chi connectivity index (χ1v) is 7.46. The molecule has 2 heterocycles. The van der Waals surface area contributed by atoms with Gasteiger partial charge in [0.15, 0.2) is 0 Å². The summed E-state index contributed by atoms with van der Waals surface area (Å²) >= 11 is 7.14. The Morgan fingerprint density at radius 1 is 1.72 bits per heavy atom. The van der Waals surface area contributed by atoms with Crippen LogP contribution in [0.3, 0.4) is 0 Å². The highest BCUT2D eigenvalue weighted by molar-refractivity contribution is 7.09. The molecule has 0 aliphatic carbocycles. The van der Waals surface area contributed by atoms with Gasteiger partial charge in [0.25, 0.3) is 0 Å². The van der Waals surface area contributed by atoms with Crippen LogP contribution < -0.4 is 0 Å². The smallest absolute Gasteiger partial charge is 0.229 e. The molecule has 18 heavy (non-hydrogen) atoms. The number of nitrogens with zero attached hydrogens (tertiary/aromatic N) is 2. The number of rotatable bonds is 3. The minimum Gasteiger partial charge on any atom is -0.391 e. The van der Waals surface area contributed by atoms with Gasteiger partial charge in [-0.15, -0.1) is 22.9 Å². The minimum absolute atomic E-state index is 0.0384. The molecular formula is C12H17ClN2O2S. The quantitative estimate of drug-likeness (QED) is 0.861. The number of carbonyl (C=O) groups excluding carboxylic acids is 1. The van der Waals surface area contributed by atoms with Crippen molar-refractivity contribution >= 4 is 28.8 Å². The van der Waals surface area contributed by atoms with E-state index in [2.05, 4.69) is 4.98 Å². The lowest BCUT2D eigenvalue weighted by Crippen LogP contribution is -2.46. The topological polar surface area (TPSA) is 53.4 Å². The fraction of sp³-hybridized carbons (Fsp3) is 0.667. The number of hydrogen-bond acceptors (Lipinski definition) is 4. The van der Waals surface area contributed by atoms with Crippen molar-refractivity contribution in [2.45, 2.75) is 31.7 Å². The lowest BCUT2D eigenvalue weighted by Gasteiger charge is -2.34. The summed E-state index contributed by atoms with van der Waals surface area (Å²) in [4.78, 5) is 18.1. The highest BCUT2D eigenvalue weighted by Gasteiger charge is 2.27. The van der Waals surface area contributed by atoms with E-state index in [0.717, 1.165) is 23.7 Å². The molecule has 100 valence electrons. The van der Waals surface area contributed by atoms with Crippen molar-refractivity contribution in [3.8, 4) is 0 Å². The second-order valence-corrected chi connectivity index (χ2v) is 5.93. The van der Waals surface area contributed by atoms with E-state index in [-0.39, 0.29) is 11.8 Å². The lowest BCUT2D eigenvalue weighted by atomic mass is 9.96. The van der Waals surface area contributed by atoms with Gasteiger partial charge in [0, 0.05) is 18.5 Å². The number of alkyl halides is 1. The SMILES string of the molecule is CC1CCN(C(=O)Cc2nc(CCl)cs2)CC1O. The van der Waals surface area contributed by atoms with Gasteiger partial charge in [-0.1, -0.05) is 6.92 Å². The summed E-state index contributed by atoms with van der Waals surface area (Å²) in [7, 11) is 0. The van der Waals surface area contributed by atoms with Crippen LogP contribution in [0.1, 0.15) is 24.0 Å². The number of thiazole rings is 1. The molecule has 1 aromatic heterocycles. The van der Waals surface area contributed by atoms with Gasteiger partial charge in [0.2, 0.25) is 5.91 Å². The number of aliphatic hydroxyl groups excluding tert-OH is 1. The second-order valence-electron chi connectivity index (χ2n) is 4.72. The zero-order valence-electron chi connectivity index (χ0n) is 10.3. The molecular weight excluding hydrogens is 272 g/mol. The Labute approximate surface area is 116 Å². The van der Waals surface area contributed by atoms with Gasteiger partial charge < -0.3 is 10.0 Å². The second kappa shape index (κ2) is 5.99. The van der Waals surface area contributed by atoms with Crippen LogP contribution in [0, 0.1) is 5.92 Å². The van der Waals surface area contributed by atoms with E-state index in [1.807, 2.05) is 12.3 Å². The molecule has 1 aromatic rings. The Kier molecular flexibility index (Phi) is 4.59. The van der Waals surface area contributed by atoms with Crippen LogP contribution in [0.15, 0.2) is 5.38 Å². The molecule has 1 aliphatic rings. The van der Waals surface area contributed by atoms with Crippen LogP contribution in [-0.4, -0.2) is 40.1 Å². The Balaban J connectivity index is 1.91. The molecule has 0 bridgehead atoms. The zero-order chi connectivity index (χ0) is 13.1. The molecule has 1 saturated heterocycles. The number of aromatic nitrogens is 1. The van der Waals surface area contributed by atoms with Crippen LogP contribution in [0.25, 0.3) is 0 Å². The molecule has 1 fully saturated rings. The van der Waals surface area contributed by atoms with Gasteiger partial charge >= 0.3 is 0 Å². The van der Waals surface area contributed by atoms with E-state index in [4.69, 9.17) is 11.6 Å². The summed E-state index contributed by atoms with van der Waals surface area (Å²) in [6, 6.07) is 0. The van der Waals surface area contributed by atoms with Crippen LogP contribution in [0.2, 0.25) is 0 Å². The summed E-state index contributed by atoms with van der Waals surface area (Å²) in [5, 5.41) is 12.5. The van der Waals surface area contributed by atoms with Gasteiger partial charge in [-0.05, 0) is 12.3 Å². The lowest BCUT2D eigenvalue weighted by molar-refractivity contribution is -0.134. The number of carbonyl (C=O) groups is 1. The molecule has 1 amide bonds.